The van der Waals surface area contributed by atoms with E-state index in [4.69, 9.17) is 4.42 Å². The fourth-order valence-electron chi connectivity index (χ4n) is 3.92. The first-order valence-electron chi connectivity index (χ1n) is 8.63. The van der Waals surface area contributed by atoms with Crippen molar-refractivity contribution in [1.82, 2.24) is 9.88 Å². The highest BCUT2D eigenvalue weighted by molar-refractivity contribution is 5.85. The summed E-state index contributed by atoms with van der Waals surface area (Å²) in [5.41, 5.74) is -0.126. The minimum Gasteiger partial charge on any atom is -0.440 e. The predicted molar refractivity (Wildman–Crippen MR) is 85.9 cm³/mol. The predicted octanol–water partition coefficient (Wildman–Crippen LogP) is 2.98. The first kappa shape index (κ1) is 15.6. The summed E-state index contributed by atoms with van der Waals surface area (Å²) in [5, 5.41) is 10.5. The van der Waals surface area contributed by atoms with E-state index in [1.165, 1.54) is 12.1 Å². The molecule has 128 valence electrons. The Bertz CT molecular complexity index is 767. The standard InChI is InChI=1S/C18H21FN2O3/c19-13-5-6-14-15(10-13)24-16(20-14)12-4-3-9-21(11-12)17(22)18(23)7-1-2-8-18/h5-6,10,12,23H,1-4,7-9,11H2. The SMILES string of the molecule is O=C(N1CCCC(c2nc3ccc(F)cc3o2)C1)C1(O)CCCC1. The number of fused-ring (bicyclic) bond motifs is 1. The summed E-state index contributed by atoms with van der Waals surface area (Å²) in [5.74, 6) is 0.0237. The van der Waals surface area contributed by atoms with E-state index in [1.54, 1.807) is 11.0 Å². The first-order chi connectivity index (χ1) is 11.5. The van der Waals surface area contributed by atoms with Gasteiger partial charge in [-0.05, 0) is 50.7 Å². The van der Waals surface area contributed by atoms with Crippen LogP contribution in [0, 0.1) is 5.82 Å². The number of likely N-dealkylation sites (tertiary alicyclic amines) is 1. The number of nitrogens with zero attached hydrogens (tertiary/aromatic N) is 2. The molecule has 2 fully saturated rings. The van der Waals surface area contributed by atoms with Crippen LogP contribution in [-0.4, -0.2) is 39.6 Å². The maximum absolute atomic E-state index is 13.3. The van der Waals surface area contributed by atoms with Crippen LogP contribution < -0.4 is 0 Å². The van der Waals surface area contributed by atoms with Crippen molar-refractivity contribution in [3.8, 4) is 0 Å². The van der Waals surface area contributed by atoms with Crippen molar-refractivity contribution >= 4 is 17.0 Å². The van der Waals surface area contributed by atoms with E-state index in [-0.39, 0.29) is 17.6 Å². The van der Waals surface area contributed by atoms with Crippen LogP contribution in [0.2, 0.25) is 0 Å². The zero-order chi connectivity index (χ0) is 16.7. The van der Waals surface area contributed by atoms with E-state index in [0.717, 1.165) is 25.7 Å². The maximum atomic E-state index is 13.3. The number of rotatable bonds is 2. The lowest BCUT2D eigenvalue weighted by molar-refractivity contribution is -0.152. The van der Waals surface area contributed by atoms with E-state index in [0.29, 0.717) is 42.9 Å². The van der Waals surface area contributed by atoms with Gasteiger partial charge in [0.2, 0.25) is 0 Å². The van der Waals surface area contributed by atoms with Crippen LogP contribution in [-0.2, 0) is 4.79 Å². The molecule has 1 saturated heterocycles. The van der Waals surface area contributed by atoms with Gasteiger partial charge in [0.05, 0.1) is 5.92 Å². The van der Waals surface area contributed by atoms with Crippen LogP contribution >= 0.6 is 0 Å². The Hall–Kier alpha value is -1.95. The molecule has 1 aliphatic carbocycles. The first-order valence-corrected chi connectivity index (χ1v) is 8.63. The summed E-state index contributed by atoms with van der Waals surface area (Å²) in [6, 6.07) is 4.30. The van der Waals surface area contributed by atoms with Crippen molar-refractivity contribution in [2.45, 2.75) is 50.0 Å². The molecule has 2 aromatic rings. The number of carbonyl (C=O) groups excluding carboxylic acids is 1. The van der Waals surface area contributed by atoms with Gasteiger partial charge in [-0.3, -0.25) is 4.79 Å². The van der Waals surface area contributed by atoms with Crippen molar-refractivity contribution in [3.05, 3.63) is 29.9 Å². The van der Waals surface area contributed by atoms with Gasteiger partial charge in [-0.1, -0.05) is 0 Å². The fourth-order valence-corrected chi connectivity index (χ4v) is 3.92. The Morgan fingerprint density at radius 3 is 2.92 bits per heavy atom. The Balaban J connectivity index is 1.54. The molecule has 1 saturated carbocycles. The third kappa shape index (κ3) is 2.69. The smallest absolute Gasteiger partial charge is 0.254 e. The molecule has 24 heavy (non-hydrogen) atoms. The number of oxazole rings is 1. The molecule has 0 radical (unpaired) electrons. The number of halogens is 1. The summed E-state index contributed by atoms with van der Waals surface area (Å²) in [6.45, 7) is 1.16. The molecule has 1 amide bonds. The fraction of sp³-hybridized carbons (Fsp3) is 0.556. The zero-order valence-corrected chi connectivity index (χ0v) is 13.5. The van der Waals surface area contributed by atoms with Crippen molar-refractivity contribution in [3.63, 3.8) is 0 Å². The van der Waals surface area contributed by atoms with Crippen LogP contribution in [0.4, 0.5) is 4.39 Å². The zero-order valence-electron chi connectivity index (χ0n) is 13.5. The van der Waals surface area contributed by atoms with Gasteiger partial charge in [0.15, 0.2) is 11.5 Å². The number of amides is 1. The second-order valence-corrected chi connectivity index (χ2v) is 6.99. The molecule has 1 unspecified atom stereocenters. The van der Waals surface area contributed by atoms with Gasteiger partial charge < -0.3 is 14.4 Å². The number of aliphatic hydroxyl groups is 1. The van der Waals surface area contributed by atoms with Crippen molar-refractivity contribution in [2.75, 3.05) is 13.1 Å². The summed E-state index contributed by atoms with van der Waals surface area (Å²) < 4.78 is 19.0. The topological polar surface area (TPSA) is 66.6 Å². The monoisotopic (exact) mass is 332 g/mol. The van der Waals surface area contributed by atoms with Crippen LogP contribution in [0.15, 0.2) is 22.6 Å². The summed E-state index contributed by atoms with van der Waals surface area (Å²) in [6.07, 6.45) is 4.62. The summed E-state index contributed by atoms with van der Waals surface area (Å²) in [7, 11) is 0. The lowest BCUT2D eigenvalue weighted by atomic mass is 9.94. The van der Waals surface area contributed by atoms with E-state index < -0.39 is 5.60 Å². The molecule has 1 aromatic carbocycles. The van der Waals surface area contributed by atoms with Crippen molar-refractivity contribution in [2.24, 2.45) is 0 Å². The Kier molecular flexibility index (Phi) is 3.79. The summed E-state index contributed by atoms with van der Waals surface area (Å²) >= 11 is 0. The van der Waals surface area contributed by atoms with E-state index in [9.17, 15) is 14.3 Å². The second-order valence-electron chi connectivity index (χ2n) is 6.99. The third-order valence-corrected chi connectivity index (χ3v) is 5.25. The second kappa shape index (κ2) is 5.84. The van der Waals surface area contributed by atoms with Crippen LogP contribution in [0.5, 0.6) is 0 Å². The molecule has 2 aliphatic rings. The van der Waals surface area contributed by atoms with Crippen molar-refractivity contribution in [1.29, 1.82) is 0 Å². The number of hydrogen-bond acceptors (Lipinski definition) is 4. The Morgan fingerprint density at radius 1 is 1.33 bits per heavy atom. The molecular weight excluding hydrogens is 311 g/mol. The molecule has 1 aliphatic heterocycles. The molecule has 2 heterocycles. The molecule has 0 spiro atoms. The van der Waals surface area contributed by atoms with E-state index in [2.05, 4.69) is 4.98 Å². The van der Waals surface area contributed by atoms with Gasteiger partial charge in [-0.25, -0.2) is 9.37 Å². The lowest BCUT2D eigenvalue weighted by Crippen LogP contribution is -2.50. The number of carbonyl (C=O) groups is 1. The van der Waals surface area contributed by atoms with Gasteiger partial charge in [0.25, 0.3) is 5.91 Å². The molecule has 6 heteroatoms. The van der Waals surface area contributed by atoms with E-state index in [1.807, 2.05) is 0 Å². The Labute approximate surface area is 139 Å². The number of hydrogen-bond donors (Lipinski definition) is 1. The quantitative estimate of drug-likeness (QED) is 0.918. The third-order valence-electron chi connectivity index (χ3n) is 5.25. The van der Waals surface area contributed by atoms with Crippen LogP contribution in [0.1, 0.15) is 50.3 Å². The number of benzene rings is 1. The highest BCUT2D eigenvalue weighted by atomic mass is 19.1. The largest absolute Gasteiger partial charge is 0.440 e. The van der Waals surface area contributed by atoms with Crippen LogP contribution in [0.3, 0.4) is 0 Å². The minimum absolute atomic E-state index is 0.0110. The molecule has 4 rings (SSSR count). The average molecular weight is 332 g/mol. The summed E-state index contributed by atoms with van der Waals surface area (Å²) in [4.78, 5) is 18.9. The highest BCUT2D eigenvalue weighted by Crippen LogP contribution is 2.34. The van der Waals surface area contributed by atoms with Gasteiger partial charge >= 0.3 is 0 Å². The van der Waals surface area contributed by atoms with Crippen LogP contribution in [0.25, 0.3) is 11.1 Å². The molecule has 1 N–H and O–H groups in total. The van der Waals surface area contributed by atoms with Gasteiger partial charge in [-0.2, -0.15) is 0 Å². The molecule has 0 bridgehead atoms. The minimum atomic E-state index is -1.19. The number of aromatic nitrogens is 1. The Morgan fingerprint density at radius 2 is 2.12 bits per heavy atom. The molecule has 1 atom stereocenters. The highest BCUT2D eigenvalue weighted by Gasteiger charge is 2.43. The van der Waals surface area contributed by atoms with Gasteiger partial charge in [0.1, 0.15) is 16.9 Å². The average Bonchev–Trinajstić information content (AvgIpc) is 3.21. The number of piperidine rings is 1. The normalized spacial score (nSPS) is 23.8. The lowest BCUT2D eigenvalue weighted by Gasteiger charge is -2.35. The molecular formula is C18H21FN2O3. The maximum Gasteiger partial charge on any atom is 0.254 e. The molecule has 1 aromatic heterocycles. The van der Waals surface area contributed by atoms with Gasteiger partial charge in [0, 0.05) is 19.2 Å². The van der Waals surface area contributed by atoms with Gasteiger partial charge in [-0.15, -0.1) is 0 Å². The van der Waals surface area contributed by atoms with Crippen molar-refractivity contribution < 1.29 is 18.7 Å². The van der Waals surface area contributed by atoms with E-state index >= 15 is 0 Å². The molecule has 5 nitrogen and oxygen atoms in total.